The van der Waals surface area contributed by atoms with Crippen molar-refractivity contribution in [3.8, 4) is 0 Å². The fraction of sp³-hybridized carbons (Fsp3) is 0.0909. The molecule has 5 heteroatoms. The highest BCUT2D eigenvalue weighted by Gasteiger charge is 1.98. The van der Waals surface area contributed by atoms with Crippen molar-refractivity contribution in [1.29, 1.82) is 0 Å². The SMILES string of the molecule is c1cc(CNc2ccc3cn[nH]c3c2)[nH]n1. The molecular formula is C11H11N5. The van der Waals surface area contributed by atoms with Gasteiger partial charge in [0.05, 0.1) is 24.0 Å². The van der Waals surface area contributed by atoms with Crippen molar-refractivity contribution < 1.29 is 0 Å². The van der Waals surface area contributed by atoms with Crippen LogP contribution in [0.25, 0.3) is 10.9 Å². The number of benzene rings is 1. The lowest BCUT2D eigenvalue weighted by atomic mass is 10.2. The maximum Gasteiger partial charge on any atom is 0.0670 e. The van der Waals surface area contributed by atoms with Crippen molar-refractivity contribution in [3.63, 3.8) is 0 Å². The summed E-state index contributed by atoms with van der Waals surface area (Å²) in [5.74, 6) is 0. The molecule has 0 radical (unpaired) electrons. The Balaban J connectivity index is 1.78. The van der Waals surface area contributed by atoms with Crippen LogP contribution in [0.3, 0.4) is 0 Å². The minimum atomic E-state index is 0.736. The molecule has 0 aliphatic carbocycles. The summed E-state index contributed by atoms with van der Waals surface area (Å²) in [5, 5.41) is 18.2. The van der Waals surface area contributed by atoms with Gasteiger partial charge in [-0.15, -0.1) is 0 Å². The van der Waals surface area contributed by atoms with Crippen molar-refractivity contribution in [3.05, 3.63) is 42.4 Å². The quantitative estimate of drug-likeness (QED) is 0.622. The van der Waals surface area contributed by atoms with Crippen molar-refractivity contribution in [2.75, 3.05) is 5.32 Å². The standard InChI is InChI=1S/C11H11N5/c1-2-9(5-11-8(1)6-14-16-11)12-7-10-3-4-13-15-10/h1-6,12H,7H2,(H,13,15)(H,14,16). The largest absolute Gasteiger partial charge is 0.379 e. The van der Waals surface area contributed by atoms with Gasteiger partial charge in [-0.3, -0.25) is 10.2 Å². The summed E-state index contributed by atoms with van der Waals surface area (Å²) in [6, 6.07) is 8.06. The Morgan fingerprint density at radius 3 is 3.00 bits per heavy atom. The van der Waals surface area contributed by atoms with Gasteiger partial charge < -0.3 is 5.32 Å². The first-order valence-electron chi connectivity index (χ1n) is 5.07. The van der Waals surface area contributed by atoms with Crippen LogP contribution in [-0.2, 0) is 6.54 Å². The summed E-state index contributed by atoms with van der Waals surface area (Å²) in [7, 11) is 0. The maximum absolute atomic E-state index is 3.98. The second kappa shape index (κ2) is 3.69. The number of H-pyrrole nitrogens is 2. The Bertz CT molecular complexity index is 581. The van der Waals surface area contributed by atoms with Gasteiger partial charge in [0.1, 0.15) is 0 Å². The van der Waals surface area contributed by atoms with E-state index in [1.165, 1.54) is 0 Å². The number of nitrogens with one attached hydrogen (secondary N) is 3. The summed E-state index contributed by atoms with van der Waals surface area (Å²) in [4.78, 5) is 0. The summed E-state index contributed by atoms with van der Waals surface area (Å²) >= 11 is 0. The van der Waals surface area contributed by atoms with Gasteiger partial charge in [-0.25, -0.2) is 0 Å². The Morgan fingerprint density at radius 2 is 2.12 bits per heavy atom. The third-order valence-corrected chi connectivity index (χ3v) is 2.48. The summed E-state index contributed by atoms with van der Waals surface area (Å²) in [6.07, 6.45) is 3.56. The highest BCUT2D eigenvalue weighted by molar-refractivity contribution is 5.81. The Morgan fingerprint density at radius 1 is 1.12 bits per heavy atom. The van der Waals surface area contributed by atoms with E-state index >= 15 is 0 Å². The van der Waals surface area contributed by atoms with Crippen LogP contribution in [0, 0.1) is 0 Å². The zero-order valence-corrected chi connectivity index (χ0v) is 8.57. The van der Waals surface area contributed by atoms with E-state index in [9.17, 15) is 0 Å². The Labute approximate surface area is 91.9 Å². The maximum atomic E-state index is 3.98. The van der Waals surface area contributed by atoms with Gasteiger partial charge in [0.15, 0.2) is 0 Å². The number of fused-ring (bicyclic) bond motifs is 1. The summed E-state index contributed by atoms with van der Waals surface area (Å²) in [5.41, 5.74) is 3.16. The zero-order valence-electron chi connectivity index (χ0n) is 8.57. The van der Waals surface area contributed by atoms with Gasteiger partial charge >= 0.3 is 0 Å². The molecule has 0 aliphatic heterocycles. The predicted molar refractivity (Wildman–Crippen MR) is 62.0 cm³/mol. The number of aromatic amines is 2. The molecule has 0 amide bonds. The molecule has 3 N–H and O–H groups in total. The molecule has 3 aromatic rings. The third-order valence-electron chi connectivity index (χ3n) is 2.48. The van der Waals surface area contributed by atoms with Gasteiger partial charge in [-0.2, -0.15) is 10.2 Å². The fourth-order valence-electron chi connectivity index (χ4n) is 1.63. The second-order valence-corrected chi connectivity index (χ2v) is 3.61. The van der Waals surface area contributed by atoms with Crippen LogP contribution < -0.4 is 5.32 Å². The highest BCUT2D eigenvalue weighted by Crippen LogP contribution is 2.16. The molecule has 0 saturated carbocycles. The van der Waals surface area contributed by atoms with Crippen molar-refractivity contribution in [1.82, 2.24) is 20.4 Å². The first-order valence-corrected chi connectivity index (χ1v) is 5.07. The molecule has 0 atom stereocenters. The van der Waals surface area contributed by atoms with Crippen LogP contribution >= 0.6 is 0 Å². The molecule has 2 aromatic heterocycles. The van der Waals surface area contributed by atoms with E-state index in [0.29, 0.717) is 0 Å². The molecule has 3 rings (SSSR count). The van der Waals surface area contributed by atoms with Crippen LogP contribution in [-0.4, -0.2) is 20.4 Å². The van der Waals surface area contributed by atoms with Crippen molar-refractivity contribution >= 4 is 16.6 Å². The lowest BCUT2D eigenvalue weighted by Crippen LogP contribution is -1.99. The molecule has 80 valence electrons. The molecule has 1 aromatic carbocycles. The van der Waals surface area contributed by atoms with E-state index < -0.39 is 0 Å². The smallest absolute Gasteiger partial charge is 0.0670 e. The lowest BCUT2D eigenvalue weighted by Gasteiger charge is -2.04. The Kier molecular flexibility index (Phi) is 2.07. The predicted octanol–water partition coefficient (Wildman–Crippen LogP) is 1.90. The molecule has 0 unspecified atom stereocenters. The van der Waals surface area contributed by atoms with Gasteiger partial charge in [0.2, 0.25) is 0 Å². The van der Waals surface area contributed by atoms with E-state index in [1.54, 1.807) is 6.20 Å². The minimum Gasteiger partial charge on any atom is -0.379 e. The summed E-state index contributed by atoms with van der Waals surface area (Å²) < 4.78 is 0. The van der Waals surface area contributed by atoms with Gasteiger partial charge in [0, 0.05) is 17.3 Å². The molecule has 0 bridgehead atoms. The molecule has 5 nitrogen and oxygen atoms in total. The molecule has 2 heterocycles. The number of hydrogen-bond donors (Lipinski definition) is 3. The monoisotopic (exact) mass is 213 g/mol. The molecule has 0 aliphatic rings. The number of aromatic nitrogens is 4. The fourth-order valence-corrected chi connectivity index (χ4v) is 1.63. The van der Waals surface area contributed by atoms with Crippen LogP contribution in [0.1, 0.15) is 5.69 Å². The number of rotatable bonds is 3. The Hall–Kier alpha value is -2.30. The van der Waals surface area contributed by atoms with Crippen molar-refractivity contribution in [2.24, 2.45) is 0 Å². The topological polar surface area (TPSA) is 69.4 Å². The van der Waals surface area contributed by atoms with E-state index in [4.69, 9.17) is 0 Å². The zero-order chi connectivity index (χ0) is 10.8. The lowest BCUT2D eigenvalue weighted by molar-refractivity contribution is 0.982. The molecule has 0 spiro atoms. The van der Waals surface area contributed by atoms with Gasteiger partial charge in [-0.05, 0) is 24.3 Å². The highest BCUT2D eigenvalue weighted by atomic mass is 15.1. The van der Waals surface area contributed by atoms with Gasteiger partial charge in [-0.1, -0.05) is 0 Å². The van der Waals surface area contributed by atoms with Crippen LogP contribution in [0.2, 0.25) is 0 Å². The molecule has 0 saturated heterocycles. The number of nitrogens with zero attached hydrogens (tertiary/aromatic N) is 2. The molecule has 16 heavy (non-hydrogen) atoms. The first-order chi connectivity index (χ1) is 7.92. The van der Waals surface area contributed by atoms with E-state index in [2.05, 4.69) is 25.7 Å². The summed E-state index contributed by atoms with van der Waals surface area (Å²) in [6.45, 7) is 0.736. The van der Waals surface area contributed by atoms with Crippen LogP contribution in [0.15, 0.2) is 36.7 Å². The van der Waals surface area contributed by atoms with E-state index in [-0.39, 0.29) is 0 Å². The second-order valence-electron chi connectivity index (χ2n) is 3.61. The number of hydrogen-bond acceptors (Lipinski definition) is 3. The van der Waals surface area contributed by atoms with E-state index in [1.807, 2.05) is 30.5 Å². The van der Waals surface area contributed by atoms with Gasteiger partial charge in [0.25, 0.3) is 0 Å². The normalized spacial score (nSPS) is 10.8. The van der Waals surface area contributed by atoms with Crippen LogP contribution in [0.4, 0.5) is 5.69 Å². The average Bonchev–Trinajstić information content (AvgIpc) is 2.97. The van der Waals surface area contributed by atoms with Crippen molar-refractivity contribution in [2.45, 2.75) is 6.54 Å². The third kappa shape index (κ3) is 1.63. The number of anilines is 1. The minimum absolute atomic E-state index is 0.736. The average molecular weight is 213 g/mol. The van der Waals surface area contributed by atoms with E-state index in [0.717, 1.165) is 28.8 Å². The molecule has 0 fully saturated rings. The molecular weight excluding hydrogens is 202 g/mol. The van der Waals surface area contributed by atoms with Crippen LogP contribution in [0.5, 0.6) is 0 Å². The first kappa shape index (κ1) is 8.96.